The van der Waals surface area contributed by atoms with Gasteiger partial charge >= 0.3 is 5.97 Å². The SMILES string of the molecule is CC(C)[C@@H](C)/C=C/[C@@H](C)[C@H]1CCC2C3=CC=C4C[C@@H](OCCCN(CC(=O)[O-])CC(=O)O)CC[C@@]4(C)C3CC[C@@]21C.[NH-][C@@H]1CCCC[C@H]1[NH-].[Pt]. The van der Waals surface area contributed by atoms with Gasteiger partial charge in [-0.25, -0.2) is 0 Å². The van der Waals surface area contributed by atoms with E-state index in [4.69, 9.17) is 21.3 Å². The summed E-state index contributed by atoms with van der Waals surface area (Å²) in [5.74, 6) is 1.74. The Hall–Kier alpha value is -1.31. The smallest absolute Gasteiger partial charge is 0.317 e. The summed E-state index contributed by atoms with van der Waals surface area (Å²) in [6.07, 6.45) is 23.3. The van der Waals surface area contributed by atoms with E-state index >= 15 is 0 Å². The molecule has 0 saturated heterocycles. The van der Waals surface area contributed by atoms with E-state index in [0.29, 0.717) is 54.6 Å². The molecule has 2 unspecified atom stereocenters. The number of carboxylic acids is 2. The summed E-state index contributed by atoms with van der Waals surface area (Å²) >= 11 is 0. The molecule has 4 saturated carbocycles. The molecular formula is C41H66N3O5Pt-3. The predicted molar refractivity (Wildman–Crippen MR) is 196 cm³/mol. The molecule has 10 atom stereocenters. The third kappa shape index (κ3) is 10.6. The normalized spacial score (nSPS) is 34.7. The summed E-state index contributed by atoms with van der Waals surface area (Å²) < 4.78 is 6.25. The molecule has 5 aliphatic rings. The fraction of sp³-hybridized carbons (Fsp3) is 0.805. The molecule has 4 fully saturated rings. The van der Waals surface area contributed by atoms with Gasteiger partial charge in [0.2, 0.25) is 0 Å². The van der Waals surface area contributed by atoms with Gasteiger partial charge in [-0.3, -0.25) is 9.69 Å². The van der Waals surface area contributed by atoms with E-state index < -0.39 is 11.9 Å². The Labute approximate surface area is 317 Å². The van der Waals surface area contributed by atoms with Crippen LogP contribution in [0.15, 0.2) is 35.5 Å². The maximum Gasteiger partial charge on any atom is 0.317 e. The van der Waals surface area contributed by atoms with E-state index in [1.165, 1.54) is 49.0 Å². The van der Waals surface area contributed by atoms with Gasteiger partial charge in [0.25, 0.3) is 0 Å². The molecule has 0 amide bonds. The fourth-order valence-electron chi connectivity index (χ4n) is 9.98. The Balaban J connectivity index is 0.000000660. The van der Waals surface area contributed by atoms with Crippen molar-refractivity contribution in [3.63, 3.8) is 0 Å². The molecule has 3 N–H and O–H groups in total. The predicted octanol–water partition coefficient (Wildman–Crippen LogP) is 8.28. The molecule has 8 nitrogen and oxygen atoms in total. The van der Waals surface area contributed by atoms with Gasteiger partial charge in [0.05, 0.1) is 18.6 Å². The van der Waals surface area contributed by atoms with E-state index in [1.807, 2.05) is 0 Å². The second-order valence-electron chi connectivity index (χ2n) is 17.0. The van der Waals surface area contributed by atoms with E-state index in [1.54, 1.807) is 5.57 Å². The van der Waals surface area contributed by atoms with Gasteiger partial charge in [-0.15, -0.1) is 0 Å². The number of nitrogens with one attached hydrogen (secondary N) is 2. The Morgan fingerprint density at radius 2 is 1.64 bits per heavy atom. The van der Waals surface area contributed by atoms with E-state index in [-0.39, 0.29) is 57.8 Å². The van der Waals surface area contributed by atoms with Crippen molar-refractivity contribution in [2.75, 3.05) is 26.2 Å². The third-order valence-corrected chi connectivity index (χ3v) is 13.5. The van der Waals surface area contributed by atoms with Crippen molar-refractivity contribution >= 4 is 11.9 Å². The summed E-state index contributed by atoms with van der Waals surface area (Å²) in [6, 6.07) is -0.160. The van der Waals surface area contributed by atoms with Crippen molar-refractivity contribution in [2.45, 2.75) is 137 Å². The van der Waals surface area contributed by atoms with Crippen LogP contribution in [0.2, 0.25) is 0 Å². The number of aliphatic carboxylic acids is 2. The summed E-state index contributed by atoms with van der Waals surface area (Å²) in [4.78, 5) is 23.4. The molecule has 0 aromatic carbocycles. The van der Waals surface area contributed by atoms with Crippen molar-refractivity contribution in [1.82, 2.24) is 4.90 Å². The average molecular weight is 876 g/mol. The molecule has 0 aromatic rings. The largest absolute Gasteiger partial charge is 0.676 e. The zero-order valence-corrected chi connectivity index (χ0v) is 33.9. The van der Waals surface area contributed by atoms with Crippen molar-refractivity contribution in [3.05, 3.63) is 46.9 Å². The summed E-state index contributed by atoms with van der Waals surface area (Å²) in [7, 11) is 0. The summed E-state index contributed by atoms with van der Waals surface area (Å²) in [6.45, 7) is 14.7. The van der Waals surface area contributed by atoms with Crippen LogP contribution in [-0.4, -0.2) is 66.4 Å². The minimum absolute atomic E-state index is 0. The molecule has 9 heteroatoms. The molecule has 50 heavy (non-hydrogen) atoms. The van der Waals surface area contributed by atoms with Crippen LogP contribution < -0.4 is 5.11 Å². The number of rotatable bonds is 13. The van der Waals surface area contributed by atoms with Gasteiger partial charge in [0, 0.05) is 40.8 Å². The number of fused-ring (bicyclic) bond motifs is 5. The maximum absolute atomic E-state index is 11.0. The zero-order valence-electron chi connectivity index (χ0n) is 31.7. The first-order valence-corrected chi connectivity index (χ1v) is 19.4. The second-order valence-corrected chi connectivity index (χ2v) is 17.0. The van der Waals surface area contributed by atoms with Gasteiger partial charge in [-0.05, 0) is 97.7 Å². The average Bonchev–Trinajstić information content (AvgIpc) is 3.40. The number of hydrogen-bond donors (Lipinski definition) is 1. The number of carbonyl (C=O) groups is 2. The first kappa shape index (κ1) is 43.1. The van der Waals surface area contributed by atoms with Crippen molar-refractivity contribution < 1.29 is 45.6 Å². The standard InChI is InChI=1S/C35H55NO5.C6H12N2.Pt/c1-23(2)24(3)8-9-25(4)29-12-13-30-28-11-10-26-20-27(14-16-34(26,5)31(28)15-17-35(29,30)6)41-19-7-18-36(21-32(37)38)22-33(39)40;7-5-3-1-2-4-6(5)8;/h8-11,23-25,27,29-31H,7,12-22H2,1-6H3,(H,37,38)(H,39,40);5-8H,1-4H2;/q;-2;/p-1/b9-8+;;/t24-,25+,27-,29+,30?,31?,34+,35+;5-,6-;/m01./s1. The molecule has 0 heterocycles. The quantitative estimate of drug-likeness (QED) is 0.146. The molecule has 288 valence electrons. The minimum Gasteiger partial charge on any atom is -0.676 e. The maximum atomic E-state index is 11.0. The second kappa shape index (κ2) is 19.1. The van der Waals surface area contributed by atoms with Crippen LogP contribution in [0.3, 0.4) is 0 Å². The number of ether oxygens (including phenoxy) is 1. The first-order valence-electron chi connectivity index (χ1n) is 19.4. The van der Waals surface area contributed by atoms with Gasteiger partial charge in [-0.1, -0.05) is 103 Å². The van der Waals surface area contributed by atoms with Crippen molar-refractivity contribution in [3.8, 4) is 0 Å². The fourth-order valence-corrected chi connectivity index (χ4v) is 9.98. The van der Waals surface area contributed by atoms with Gasteiger partial charge in [0.1, 0.15) is 0 Å². The van der Waals surface area contributed by atoms with E-state index in [9.17, 15) is 14.7 Å². The number of carboxylic acid groups (broad SMARTS) is 2. The van der Waals surface area contributed by atoms with Crippen LogP contribution in [0.25, 0.3) is 11.5 Å². The van der Waals surface area contributed by atoms with Crippen LogP contribution in [0.5, 0.6) is 0 Å². The number of carbonyl (C=O) groups excluding carboxylic acids is 1. The minimum atomic E-state index is -1.26. The Morgan fingerprint density at radius 1 is 0.960 bits per heavy atom. The van der Waals surface area contributed by atoms with Crippen molar-refractivity contribution in [1.29, 1.82) is 0 Å². The molecule has 0 aromatic heterocycles. The number of hydrogen-bond acceptors (Lipinski definition) is 5. The Morgan fingerprint density at radius 3 is 2.24 bits per heavy atom. The first-order chi connectivity index (χ1) is 23.2. The van der Waals surface area contributed by atoms with Crippen LogP contribution in [0.4, 0.5) is 0 Å². The molecule has 0 aliphatic heterocycles. The summed E-state index contributed by atoms with van der Waals surface area (Å²) in [5, 5.41) is 20.0. The van der Waals surface area contributed by atoms with E-state index in [2.05, 4.69) is 65.8 Å². The molecule has 5 aliphatic carbocycles. The van der Waals surface area contributed by atoms with E-state index in [0.717, 1.165) is 38.0 Å². The van der Waals surface area contributed by atoms with Gasteiger partial charge in [-0.2, -0.15) is 12.1 Å². The molecular weight excluding hydrogens is 810 g/mol. The van der Waals surface area contributed by atoms with Gasteiger partial charge in [0.15, 0.2) is 0 Å². The molecule has 0 spiro atoms. The third-order valence-electron chi connectivity index (χ3n) is 13.5. The topological polar surface area (TPSA) is 138 Å². The zero-order chi connectivity index (χ0) is 35.9. The van der Waals surface area contributed by atoms with Crippen LogP contribution >= 0.6 is 0 Å². The molecule has 0 bridgehead atoms. The van der Waals surface area contributed by atoms with Crippen LogP contribution in [0, 0.1) is 46.3 Å². The van der Waals surface area contributed by atoms with Gasteiger partial charge < -0.3 is 31.2 Å². The monoisotopic (exact) mass is 875 g/mol. The Bertz CT molecular complexity index is 1190. The molecule has 5 rings (SSSR count). The Kier molecular flexibility index (Phi) is 16.5. The van der Waals surface area contributed by atoms with Crippen molar-refractivity contribution in [2.24, 2.45) is 46.3 Å². The molecule has 0 radical (unpaired) electrons. The summed E-state index contributed by atoms with van der Waals surface area (Å²) in [5.41, 5.74) is 18.4. The van der Waals surface area contributed by atoms with Crippen LogP contribution in [-0.2, 0) is 35.4 Å². The number of allylic oxidation sites excluding steroid dienone is 5. The number of nitrogens with zero attached hydrogens (tertiary/aromatic N) is 1. The van der Waals surface area contributed by atoms with Crippen LogP contribution in [0.1, 0.15) is 119 Å².